The number of rotatable bonds is 2. The van der Waals surface area contributed by atoms with Gasteiger partial charge in [0, 0.05) is 29.5 Å². The van der Waals surface area contributed by atoms with E-state index < -0.39 is 0 Å². The molecule has 4 aromatic rings. The first-order chi connectivity index (χ1) is 14.1. The molecule has 0 spiro atoms. The fraction of sp³-hybridized carbons (Fsp3) is 0.286. The molecular weight excluding hydrogens is 366 g/mol. The molecule has 144 valence electrons. The zero-order valence-corrected chi connectivity index (χ0v) is 16.0. The average molecular weight is 385 g/mol. The van der Waals surface area contributed by atoms with Crippen molar-refractivity contribution in [1.29, 1.82) is 5.26 Å². The first-order valence-electron chi connectivity index (χ1n) is 9.62. The van der Waals surface area contributed by atoms with E-state index >= 15 is 0 Å². The number of pyridine rings is 2. The molecule has 1 saturated heterocycles. The van der Waals surface area contributed by atoms with Crippen molar-refractivity contribution < 1.29 is 0 Å². The van der Waals surface area contributed by atoms with Crippen LogP contribution in [-0.2, 0) is 0 Å². The molecule has 8 heteroatoms. The topological polar surface area (TPSA) is 101 Å². The summed E-state index contributed by atoms with van der Waals surface area (Å²) in [4.78, 5) is 21.9. The predicted molar refractivity (Wildman–Crippen MR) is 109 cm³/mol. The molecule has 0 bridgehead atoms. The molecule has 29 heavy (non-hydrogen) atoms. The molecular formula is C21H19N7O. The summed E-state index contributed by atoms with van der Waals surface area (Å²) in [7, 11) is 0. The van der Waals surface area contributed by atoms with E-state index in [-0.39, 0.29) is 11.6 Å². The minimum Gasteiger partial charge on any atom is -0.317 e. The fourth-order valence-electron chi connectivity index (χ4n) is 3.97. The van der Waals surface area contributed by atoms with Gasteiger partial charge < -0.3 is 9.72 Å². The third-order valence-corrected chi connectivity index (χ3v) is 5.44. The second-order valence-electron chi connectivity index (χ2n) is 7.40. The molecule has 0 saturated carbocycles. The Morgan fingerprint density at radius 2 is 2.03 bits per heavy atom. The highest BCUT2D eigenvalue weighted by molar-refractivity contribution is 5.84. The number of fused-ring (bicyclic) bond motifs is 2. The van der Waals surface area contributed by atoms with E-state index in [1.54, 1.807) is 23.1 Å². The molecule has 5 heterocycles. The fourth-order valence-corrected chi connectivity index (χ4v) is 3.97. The number of nitrogens with zero attached hydrogens (tertiary/aromatic N) is 6. The third-order valence-electron chi connectivity index (χ3n) is 5.44. The predicted octanol–water partition coefficient (Wildman–Crippen LogP) is 2.21. The van der Waals surface area contributed by atoms with Gasteiger partial charge in [0.05, 0.1) is 34.6 Å². The Hall–Kier alpha value is -3.57. The molecule has 1 aliphatic rings. The molecule has 1 fully saturated rings. The highest BCUT2D eigenvalue weighted by Crippen LogP contribution is 2.24. The lowest BCUT2D eigenvalue weighted by molar-refractivity contribution is 0.333. The highest BCUT2D eigenvalue weighted by atomic mass is 16.1. The second-order valence-corrected chi connectivity index (χ2v) is 7.40. The van der Waals surface area contributed by atoms with E-state index in [0.717, 1.165) is 42.6 Å². The molecule has 5 rings (SSSR count). The lowest BCUT2D eigenvalue weighted by atomic mass is 10.1. The summed E-state index contributed by atoms with van der Waals surface area (Å²) >= 11 is 0. The van der Waals surface area contributed by atoms with Crippen molar-refractivity contribution in [1.82, 2.24) is 29.5 Å². The van der Waals surface area contributed by atoms with Gasteiger partial charge in [-0.3, -0.25) is 9.78 Å². The van der Waals surface area contributed by atoms with Gasteiger partial charge in [-0.1, -0.05) is 0 Å². The maximum atomic E-state index is 12.9. The Balaban J connectivity index is 1.61. The van der Waals surface area contributed by atoms with Gasteiger partial charge in [-0.05, 0) is 45.0 Å². The van der Waals surface area contributed by atoms with Crippen molar-refractivity contribution in [2.24, 2.45) is 0 Å². The number of hydrogen-bond acceptors (Lipinski definition) is 6. The Morgan fingerprint density at radius 1 is 1.21 bits per heavy atom. The molecule has 0 amide bonds. The molecule has 0 aliphatic carbocycles. The van der Waals surface area contributed by atoms with Crippen LogP contribution in [0, 0.1) is 18.3 Å². The van der Waals surface area contributed by atoms with Crippen molar-refractivity contribution in [3.05, 3.63) is 58.5 Å². The Kier molecular flexibility index (Phi) is 4.11. The van der Waals surface area contributed by atoms with E-state index in [1.807, 2.05) is 29.8 Å². The van der Waals surface area contributed by atoms with Crippen molar-refractivity contribution in [2.75, 3.05) is 13.1 Å². The van der Waals surface area contributed by atoms with Crippen LogP contribution in [0.1, 0.15) is 30.1 Å². The maximum absolute atomic E-state index is 12.9. The Bertz CT molecular complexity index is 1340. The second kappa shape index (κ2) is 6.79. The van der Waals surface area contributed by atoms with Crippen LogP contribution in [0.5, 0.6) is 0 Å². The number of nitrogens with one attached hydrogen (secondary N) is 1. The van der Waals surface area contributed by atoms with E-state index in [9.17, 15) is 10.1 Å². The SMILES string of the molecule is Cc1cn2cc(-c3cc4cnn(C5CCNCC5)c(=O)c4cn3)cc(C#N)c2n1. The standard InChI is InChI=1S/C21H19N7O/c1-13-11-27-12-16(6-14(8-22)20(27)26-13)19-7-15-9-25-28(17-2-4-23-5-3-17)21(29)18(15)10-24-19/h6-7,9-12,17,23H,2-5H2,1H3. The average Bonchev–Trinajstić information content (AvgIpc) is 3.13. The zero-order chi connectivity index (χ0) is 20.0. The number of aryl methyl sites for hydroxylation is 1. The molecule has 8 nitrogen and oxygen atoms in total. The van der Waals surface area contributed by atoms with Gasteiger partial charge in [0.1, 0.15) is 6.07 Å². The zero-order valence-electron chi connectivity index (χ0n) is 16.0. The van der Waals surface area contributed by atoms with Crippen molar-refractivity contribution >= 4 is 16.4 Å². The van der Waals surface area contributed by atoms with Gasteiger partial charge in [-0.15, -0.1) is 0 Å². The van der Waals surface area contributed by atoms with E-state index in [1.165, 1.54) is 0 Å². The molecule has 1 N–H and O–H groups in total. The van der Waals surface area contributed by atoms with Gasteiger partial charge in [0.2, 0.25) is 0 Å². The first-order valence-corrected chi connectivity index (χ1v) is 9.62. The lowest BCUT2D eigenvalue weighted by Gasteiger charge is -2.23. The van der Waals surface area contributed by atoms with Gasteiger partial charge in [-0.2, -0.15) is 10.4 Å². The summed E-state index contributed by atoms with van der Waals surface area (Å²) in [5, 5.41) is 18.5. The monoisotopic (exact) mass is 385 g/mol. The Morgan fingerprint density at radius 3 is 2.83 bits per heavy atom. The molecule has 0 unspecified atom stereocenters. The molecule has 0 aromatic carbocycles. The van der Waals surface area contributed by atoms with Gasteiger partial charge >= 0.3 is 0 Å². The van der Waals surface area contributed by atoms with Crippen molar-refractivity contribution in [3.63, 3.8) is 0 Å². The largest absolute Gasteiger partial charge is 0.317 e. The minimum atomic E-state index is -0.105. The van der Waals surface area contributed by atoms with Crippen LogP contribution in [0.2, 0.25) is 0 Å². The number of piperidine rings is 1. The van der Waals surface area contributed by atoms with E-state index in [2.05, 4.69) is 26.5 Å². The summed E-state index contributed by atoms with van der Waals surface area (Å²) in [6, 6.07) is 5.95. The summed E-state index contributed by atoms with van der Waals surface area (Å²) in [5.74, 6) is 0. The van der Waals surface area contributed by atoms with Crippen LogP contribution in [0.3, 0.4) is 0 Å². The van der Waals surface area contributed by atoms with E-state index in [4.69, 9.17) is 0 Å². The number of hydrogen-bond donors (Lipinski definition) is 1. The minimum absolute atomic E-state index is 0.105. The van der Waals surface area contributed by atoms with E-state index in [0.29, 0.717) is 22.3 Å². The highest BCUT2D eigenvalue weighted by Gasteiger charge is 2.18. The van der Waals surface area contributed by atoms with Crippen molar-refractivity contribution in [3.8, 4) is 17.3 Å². The smallest absolute Gasteiger partial charge is 0.276 e. The number of aromatic nitrogens is 5. The molecule has 1 aliphatic heterocycles. The van der Waals surface area contributed by atoms with Crippen molar-refractivity contribution in [2.45, 2.75) is 25.8 Å². The quantitative estimate of drug-likeness (QED) is 0.568. The van der Waals surface area contributed by atoms with Crippen LogP contribution < -0.4 is 10.9 Å². The summed E-state index contributed by atoms with van der Waals surface area (Å²) in [6.07, 6.45) is 8.90. The van der Waals surface area contributed by atoms with Gasteiger partial charge in [0.15, 0.2) is 5.65 Å². The molecule has 4 aromatic heterocycles. The van der Waals surface area contributed by atoms with Crippen LogP contribution in [-0.4, -0.2) is 37.2 Å². The normalized spacial score (nSPS) is 15.0. The molecule has 0 atom stereocenters. The lowest BCUT2D eigenvalue weighted by Crippen LogP contribution is -2.35. The Labute approximate surface area is 166 Å². The van der Waals surface area contributed by atoms with Crippen LogP contribution in [0.15, 0.2) is 41.7 Å². The summed E-state index contributed by atoms with van der Waals surface area (Å²) in [6.45, 7) is 3.68. The summed E-state index contributed by atoms with van der Waals surface area (Å²) < 4.78 is 3.43. The van der Waals surface area contributed by atoms with Crippen LogP contribution >= 0.6 is 0 Å². The number of imidazole rings is 1. The first kappa shape index (κ1) is 17.5. The summed E-state index contributed by atoms with van der Waals surface area (Å²) in [5.41, 5.74) is 3.32. The van der Waals surface area contributed by atoms with Gasteiger partial charge in [0.25, 0.3) is 5.56 Å². The molecule has 0 radical (unpaired) electrons. The van der Waals surface area contributed by atoms with Crippen LogP contribution in [0.4, 0.5) is 0 Å². The number of nitriles is 1. The van der Waals surface area contributed by atoms with Gasteiger partial charge in [-0.25, -0.2) is 9.67 Å². The van der Waals surface area contributed by atoms with Crippen LogP contribution in [0.25, 0.3) is 27.7 Å². The third kappa shape index (κ3) is 2.96. The maximum Gasteiger partial charge on any atom is 0.276 e.